The minimum Gasteiger partial charge on any atom is -0.383 e. The summed E-state index contributed by atoms with van der Waals surface area (Å²) in [4.78, 5) is 2.19. The van der Waals surface area contributed by atoms with Crippen molar-refractivity contribution in [2.45, 2.75) is 33.7 Å². The molecule has 1 unspecified atom stereocenters. The molecule has 0 fully saturated rings. The fourth-order valence-electron chi connectivity index (χ4n) is 1.39. The van der Waals surface area contributed by atoms with E-state index in [-0.39, 0.29) is 6.04 Å². The van der Waals surface area contributed by atoms with Crippen LogP contribution in [-0.2, 0) is 4.74 Å². The lowest BCUT2D eigenvalue weighted by atomic mass is 10.2. The van der Waals surface area contributed by atoms with Crippen molar-refractivity contribution in [3.8, 4) is 0 Å². The van der Waals surface area contributed by atoms with Crippen LogP contribution in [-0.4, -0.2) is 42.9 Å². The third-order valence-corrected chi connectivity index (χ3v) is 2.42. The van der Waals surface area contributed by atoms with E-state index in [9.17, 15) is 0 Å². The first-order valence-corrected chi connectivity index (χ1v) is 5.96. The zero-order chi connectivity index (χ0) is 11.8. The molecular weight excluding hydrogens is 208 g/mol. The molecule has 0 aromatic rings. The first-order chi connectivity index (χ1) is 7.01. The van der Waals surface area contributed by atoms with Crippen LogP contribution in [0.25, 0.3) is 0 Å². The second-order valence-electron chi connectivity index (χ2n) is 4.24. The van der Waals surface area contributed by atoms with Crippen LogP contribution in [0, 0.1) is 5.92 Å². The maximum absolute atomic E-state index is 5.34. The van der Waals surface area contributed by atoms with Gasteiger partial charge in [0, 0.05) is 26.2 Å². The minimum atomic E-state index is 0.267. The quantitative estimate of drug-likeness (QED) is 0.707. The monoisotopic (exact) mass is 232 g/mol. The molecule has 1 N–H and O–H groups in total. The highest BCUT2D eigenvalue weighted by molar-refractivity contribution is 7.80. The molecule has 0 saturated carbocycles. The van der Waals surface area contributed by atoms with Crippen LogP contribution in [0.3, 0.4) is 0 Å². The van der Waals surface area contributed by atoms with E-state index < -0.39 is 0 Å². The fourth-order valence-corrected chi connectivity index (χ4v) is 1.79. The average molecular weight is 232 g/mol. The van der Waals surface area contributed by atoms with Crippen molar-refractivity contribution in [3.63, 3.8) is 0 Å². The van der Waals surface area contributed by atoms with E-state index in [0.717, 1.165) is 18.2 Å². The molecule has 0 aliphatic heterocycles. The minimum absolute atomic E-state index is 0.267. The summed E-state index contributed by atoms with van der Waals surface area (Å²) in [6.45, 7) is 11.2. The lowest BCUT2D eigenvalue weighted by molar-refractivity contribution is 0.177. The number of nitrogens with zero attached hydrogens (tertiary/aromatic N) is 1. The number of methoxy groups -OCH3 is 1. The Balaban J connectivity index is 4.03. The predicted octanol–water partition coefficient (Wildman–Crippen LogP) is 1.87. The largest absolute Gasteiger partial charge is 0.383 e. The van der Waals surface area contributed by atoms with Crippen molar-refractivity contribution in [2.24, 2.45) is 5.92 Å². The fraction of sp³-hybridized carbons (Fsp3) is 0.909. The van der Waals surface area contributed by atoms with Crippen LogP contribution >= 0.6 is 12.2 Å². The van der Waals surface area contributed by atoms with Crippen molar-refractivity contribution < 1.29 is 4.74 Å². The highest BCUT2D eigenvalue weighted by Gasteiger charge is 2.11. The molecule has 0 spiro atoms. The SMILES string of the molecule is CCN(CC(C)C)C(=S)NC(C)COC. The van der Waals surface area contributed by atoms with E-state index in [1.807, 2.05) is 0 Å². The molecule has 0 aliphatic rings. The van der Waals surface area contributed by atoms with Crippen molar-refractivity contribution in [1.29, 1.82) is 0 Å². The van der Waals surface area contributed by atoms with Gasteiger partial charge in [0.2, 0.25) is 0 Å². The third kappa shape index (κ3) is 6.68. The summed E-state index contributed by atoms with van der Waals surface area (Å²) in [6.07, 6.45) is 0. The molecule has 4 heteroatoms. The molecule has 0 aliphatic carbocycles. The van der Waals surface area contributed by atoms with Crippen molar-refractivity contribution >= 4 is 17.3 Å². The Morgan fingerprint density at radius 2 is 2.00 bits per heavy atom. The van der Waals surface area contributed by atoms with Crippen LogP contribution in [0.15, 0.2) is 0 Å². The number of ether oxygens (including phenoxy) is 1. The number of hydrogen-bond acceptors (Lipinski definition) is 2. The smallest absolute Gasteiger partial charge is 0.169 e. The molecule has 0 amide bonds. The Morgan fingerprint density at radius 3 is 2.40 bits per heavy atom. The van der Waals surface area contributed by atoms with Gasteiger partial charge in [0.25, 0.3) is 0 Å². The Kier molecular flexibility index (Phi) is 7.70. The first-order valence-electron chi connectivity index (χ1n) is 5.55. The van der Waals surface area contributed by atoms with Gasteiger partial charge >= 0.3 is 0 Å². The van der Waals surface area contributed by atoms with Gasteiger partial charge in [-0.25, -0.2) is 0 Å². The standard InChI is InChI=1S/C11H24N2OS/c1-6-13(7-9(2)3)11(15)12-10(4)8-14-5/h9-10H,6-8H2,1-5H3,(H,12,15). The van der Waals surface area contributed by atoms with Crippen molar-refractivity contribution in [1.82, 2.24) is 10.2 Å². The van der Waals surface area contributed by atoms with E-state index >= 15 is 0 Å². The summed E-state index contributed by atoms with van der Waals surface area (Å²) < 4.78 is 5.06. The zero-order valence-electron chi connectivity index (χ0n) is 10.5. The molecule has 0 aromatic carbocycles. The summed E-state index contributed by atoms with van der Waals surface area (Å²) in [5.41, 5.74) is 0. The summed E-state index contributed by atoms with van der Waals surface area (Å²) in [5.74, 6) is 0.627. The van der Waals surface area contributed by atoms with Crippen LogP contribution in [0.5, 0.6) is 0 Å². The van der Waals surface area contributed by atoms with Gasteiger partial charge in [-0.2, -0.15) is 0 Å². The van der Waals surface area contributed by atoms with Gasteiger partial charge in [0.05, 0.1) is 6.61 Å². The summed E-state index contributed by atoms with van der Waals surface area (Å²) in [7, 11) is 1.70. The van der Waals surface area contributed by atoms with Crippen LogP contribution < -0.4 is 5.32 Å². The second kappa shape index (κ2) is 7.88. The molecule has 0 radical (unpaired) electrons. The van der Waals surface area contributed by atoms with E-state index in [1.165, 1.54) is 0 Å². The van der Waals surface area contributed by atoms with E-state index in [4.69, 9.17) is 17.0 Å². The molecule has 15 heavy (non-hydrogen) atoms. The summed E-state index contributed by atoms with van der Waals surface area (Å²) in [6, 6.07) is 0.267. The Bertz CT molecular complexity index is 185. The molecule has 1 atom stereocenters. The molecule has 0 aromatic heterocycles. The lowest BCUT2D eigenvalue weighted by Crippen LogP contribution is -2.46. The maximum Gasteiger partial charge on any atom is 0.169 e. The van der Waals surface area contributed by atoms with Gasteiger partial charge < -0.3 is 15.0 Å². The highest BCUT2D eigenvalue weighted by Crippen LogP contribution is 1.99. The van der Waals surface area contributed by atoms with E-state index in [0.29, 0.717) is 12.5 Å². The second-order valence-corrected chi connectivity index (χ2v) is 4.63. The molecule has 0 rings (SSSR count). The van der Waals surface area contributed by atoms with Crippen molar-refractivity contribution in [2.75, 3.05) is 26.8 Å². The van der Waals surface area contributed by atoms with Crippen LogP contribution in [0.2, 0.25) is 0 Å². The maximum atomic E-state index is 5.34. The molecule has 3 nitrogen and oxygen atoms in total. The summed E-state index contributed by atoms with van der Waals surface area (Å²) in [5, 5.41) is 4.10. The molecule has 0 bridgehead atoms. The first kappa shape index (κ1) is 14.6. The van der Waals surface area contributed by atoms with Gasteiger partial charge in [-0.3, -0.25) is 0 Å². The van der Waals surface area contributed by atoms with Gasteiger partial charge in [-0.05, 0) is 32.0 Å². The Morgan fingerprint density at radius 1 is 1.40 bits per heavy atom. The molecule has 0 heterocycles. The summed E-state index contributed by atoms with van der Waals surface area (Å²) >= 11 is 5.34. The Hall–Kier alpha value is -0.350. The lowest BCUT2D eigenvalue weighted by Gasteiger charge is -2.28. The van der Waals surface area contributed by atoms with Gasteiger partial charge in [-0.1, -0.05) is 13.8 Å². The Labute approximate surface area is 99.2 Å². The van der Waals surface area contributed by atoms with E-state index in [2.05, 4.69) is 37.9 Å². The van der Waals surface area contributed by atoms with Gasteiger partial charge in [0.1, 0.15) is 0 Å². The highest BCUT2D eigenvalue weighted by atomic mass is 32.1. The van der Waals surface area contributed by atoms with E-state index in [1.54, 1.807) is 7.11 Å². The molecule has 90 valence electrons. The topological polar surface area (TPSA) is 24.5 Å². The number of rotatable bonds is 6. The van der Waals surface area contributed by atoms with Crippen LogP contribution in [0.1, 0.15) is 27.7 Å². The average Bonchev–Trinajstić information content (AvgIpc) is 2.13. The van der Waals surface area contributed by atoms with Crippen LogP contribution in [0.4, 0.5) is 0 Å². The number of hydrogen-bond donors (Lipinski definition) is 1. The molecular formula is C11H24N2OS. The predicted molar refractivity (Wildman–Crippen MR) is 69.2 cm³/mol. The number of thiocarbonyl (C=S) groups is 1. The van der Waals surface area contributed by atoms with Gasteiger partial charge in [0.15, 0.2) is 5.11 Å². The molecule has 0 saturated heterocycles. The third-order valence-electron chi connectivity index (χ3n) is 2.04. The normalized spacial score (nSPS) is 12.7. The zero-order valence-corrected chi connectivity index (χ0v) is 11.4. The van der Waals surface area contributed by atoms with Crippen molar-refractivity contribution in [3.05, 3.63) is 0 Å². The van der Waals surface area contributed by atoms with Gasteiger partial charge in [-0.15, -0.1) is 0 Å². The number of nitrogens with one attached hydrogen (secondary N) is 1.